The summed E-state index contributed by atoms with van der Waals surface area (Å²) in [5.41, 5.74) is 6.64. The van der Waals surface area contributed by atoms with Gasteiger partial charge in [-0.05, 0) is 60.6 Å². The predicted molar refractivity (Wildman–Crippen MR) is 125 cm³/mol. The Balaban J connectivity index is 1.22. The van der Waals surface area contributed by atoms with Crippen LogP contribution in [0.25, 0.3) is 11.3 Å². The summed E-state index contributed by atoms with van der Waals surface area (Å²) >= 11 is 3.02. The molecule has 0 spiro atoms. The molecule has 1 aliphatic rings. The number of aromatic nitrogens is 4. The van der Waals surface area contributed by atoms with Gasteiger partial charge in [-0.15, -0.1) is 11.3 Å². The number of hydrogen-bond acceptors (Lipinski definition) is 6. The summed E-state index contributed by atoms with van der Waals surface area (Å²) in [6.07, 6.45) is 6.34. The minimum absolute atomic E-state index is 0.152. The van der Waals surface area contributed by atoms with Crippen LogP contribution in [0.15, 0.2) is 59.3 Å². The maximum absolute atomic E-state index is 12.6. The van der Waals surface area contributed by atoms with Crippen molar-refractivity contribution in [3.63, 3.8) is 0 Å². The first-order valence-corrected chi connectivity index (χ1v) is 12.1. The number of thiazole rings is 1. The van der Waals surface area contributed by atoms with E-state index in [-0.39, 0.29) is 5.91 Å². The van der Waals surface area contributed by atoms with Crippen LogP contribution in [0.1, 0.15) is 39.9 Å². The van der Waals surface area contributed by atoms with Crippen LogP contribution in [0.2, 0.25) is 0 Å². The summed E-state index contributed by atoms with van der Waals surface area (Å²) < 4.78 is 0. The Hall–Kier alpha value is -2.97. The van der Waals surface area contributed by atoms with E-state index in [2.05, 4.69) is 43.7 Å². The van der Waals surface area contributed by atoms with Gasteiger partial charge in [0.15, 0.2) is 10.3 Å². The van der Waals surface area contributed by atoms with Crippen LogP contribution in [-0.2, 0) is 18.6 Å². The quantitative estimate of drug-likeness (QED) is 0.389. The fourth-order valence-corrected chi connectivity index (χ4v) is 5.14. The average Bonchev–Trinajstić information content (AvgIpc) is 3.50. The summed E-state index contributed by atoms with van der Waals surface area (Å²) in [4.78, 5) is 21.4. The molecule has 1 aliphatic carbocycles. The van der Waals surface area contributed by atoms with Gasteiger partial charge in [-0.3, -0.25) is 15.2 Å². The fourth-order valence-electron chi connectivity index (χ4n) is 3.69. The van der Waals surface area contributed by atoms with Crippen LogP contribution >= 0.6 is 23.1 Å². The topological polar surface area (TPSA) is 83.6 Å². The van der Waals surface area contributed by atoms with Gasteiger partial charge >= 0.3 is 0 Å². The summed E-state index contributed by atoms with van der Waals surface area (Å²) in [7, 11) is 0. The number of nitrogens with one attached hydrogen (secondary N) is 2. The van der Waals surface area contributed by atoms with Gasteiger partial charge in [0.1, 0.15) is 6.33 Å². The SMILES string of the molecule is O=C(Nc1nc(-c2ccc3c(c2)CCCC3)cs1)c1ccc(CSc2ncn[nH]2)cc1. The van der Waals surface area contributed by atoms with Crippen LogP contribution in [0, 0.1) is 0 Å². The minimum Gasteiger partial charge on any atom is -0.298 e. The van der Waals surface area contributed by atoms with Gasteiger partial charge in [-0.25, -0.2) is 9.97 Å². The van der Waals surface area contributed by atoms with Gasteiger partial charge in [0.05, 0.1) is 5.69 Å². The lowest BCUT2D eigenvalue weighted by Gasteiger charge is -2.16. The third kappa shape index (κ3) is 4.70. The van der Waals surface area contributed by atoms with E-state index >= 15 is 0 Å². The monoisotopic (exact) mass is 447 g/mol. The second-order valence-electron chi connectivity index (χ2n) is 7.46. The number of aromatic amines is 1. The number of rotatable bonds is 6. The first-order valence-electron chi connectivity index (χ1n) is 10.2. The zero-order valence-corrected chi connectivity index (χ0v) is 18.4. The van der Waals surface area contributed by atoms with E-state index in [1.807, 2.05) is 29.6 Å². The molecule has 0 aliphatic heterocycles. The maximum atomic E-state index is 12.6. The van der Waals surface area contributed by atoms with E-state index in [0.717, 1.165) is 34.2 Å². The second-order valence-corrected chi connectivity index (χ2v) is 9.28. The number of amides is 1. The van der Waals surface area contributed by atoms with Crippen molar-refractivity contribution in [3.8, 4) is 11.3 Å². The number of benzene rings is 2. The lowest BCUT2D eigenvalue weighted by molar-refractivity contribution is 0.102. The molecular weight excluding hydrogens is 426 g/mol. The molecule has 1 amide bonds. The van der Waals surface area contributed by atoms with Crippen LogP contribution < -0.4 is 5.32 Å². The fraction of sp³-hybridized carbons (Fsp3) is 0.217. The van der Waals surface area contributed by atoms with Crippen molar-refractivity contribution in [1.29, 1.82) is 0 Å². The minimum atomic E-state index is -0.152. The highest BCUT2D eigenvalue weighted by Crippen LogP contribution is 2.30. The molecule has 0 radical (unpaired) electrons. The summed E-state index contributed by atoms with van der Waals surface area (Å²) in [5, 5.41) is 13.0. The van der Waals surface area contributed by atoms with E-state index in [0.29, 0.717) is 10.7 Å². The Kier molecular flexibility index (Phi) is 5.82. The molecule has 2 aromatic heterocycles. The first-order chi connectivity index (χ1) is 15.2. The van der Waals surface area contributed by atoms with Gasteiger partial charge in [0.2, 0.25) is 0 Å². The number of fused-ring (bicyclic) bond motifs is 1. The van der Waals surface area contributed by atoms with E-state index in [9.17, 15) is 4.79 Å². The number of anilines is 1. The van der Waals surface area contributed by atoms with Gasteiger partial charge in [-0.2, -0.15) is 5.10 Å². The van der Waals surface area contributed by atoms with E-state index in [1.165, 1.54) is 48.1 Å². The molecule has 4 aromatic rings. The number of nitrogens with zero attached hydrogens (tertiary/aromatic N) is 3. The predicted octanol–water partition coefficient (Wildman–Crippen LogP) is 5.35. The molecule has 0 atom stereocenters. The van der Waals surface area contributed by atoms with Crippen LogP contribution in [0.3, 0.4) is 0 Å². The van der Waals surface area contributed by atoms with Crippen LogP contribution in [0.5, 0.6) is 0 Å². The maximum Gasteiger partial charge on any atom is 0.257 e. The van der Waals surface area contributed by atoms with E-state index in [1.54, 1.807) is 11.8 Å². The number of hydrogen-bond donors (Lipinski definition) is 2. The molecule has 2 heterocycles. The summed E-state index contributed by atoms with van der Waals surface area (Å²) in [6.45, 7) is 0. The summed E-state index contributed by atoms with van der Waals surface area (Å²) in [6, 6.07) is 14.2. The molecule has 6 nitrogen and oxygen atoms in total. The highest BCUT2D eigenvalue weighted by molar-refractivity contribution is 7.98. The number of thioether (sulfide) groups is 1. The molecular formula is C23H21N5OS2. The smallest absolute Gasteiger partial charge is 0.257 e. The highest BCUT2D eigenvalue weighted by atomic mass is 32.2. The second kappa shape index (κ2) is 9.03. The van der Waals surface area contributed by atoms with Gasteiger partial charge in [0.25, 0.3) is 5.91 Å². The lowest BCUT2D eigenvalue weighted by Crippen LogP contribution is -2.11. The Morgan fingerprint density at radius 2 is 1.94 bits per heavy atom. The molecule has 0 fully saturated rings. The van der Waals surface area contributed by atoms with Crippen LogP contribution in [-0.4, -0.2) is 26.1 Å². The Bertz CT molecular complexity index is 1190. The zero-order valence-electron chi connectivity index (χ0n) is 16.8. The molecule has 0 saturated heterocycles. The third-order valence-electron chi connectivity index (χ3n) is 5.35. The Morgan fingerprint density at radius 1 is 1.10 bits per heavy atom. The summed E-state index contributed by atoms with van der Waals surface area (Å²) in [5.74, 6) is 0.606. The molecule has 8 heteroatoms. The largest absolute Gasteiger partial charge is 0.298 e. The van der Waals surface area contributed by atoms with Gasteiger partial charge in [-0.1, -0.05) is 36.0 Å². The first kappa shape index (κ1) is 20.0. The van der Waals surface area contributed by atoms with Crippen molar-refractivity contribution in [2.45, 2.75) is 36.6 Å². The number of carbonyl (C=O) groups is 1. The molecule has 5 rings (SSSR count). The average molecular weight is 448 g/mol. The van der Waals surface area contributed by atoms with Crippen molar-refractivity contribution < 1.29 is 4.79 Å². The molecule has 0 bridgehead atoms. The molecule has 2 N–H and O–H groups in total. The third-order valence-corrected chi connectivity index (χ3v) is 7.06. The Morgan fingerprint density at radius 3 is 2.74 bits per heavy atom. The van der Waals surface area contributed by atoms with Crippen molar-refractivity contribution in [1.82, 2.24) is 20.2 Å². The zero-order chi connectivity index (χ0) is 21.0. The lowest BCUT2D eigenvalue weighted by atomic mass is 9.90. The number of carbonyl (C=O) groups excluding carboxylic acids is 1. The standard InChI is InChI=1S/C23H21N5OS2/c29-21(17-7-5-15(6-8-17)12-30-22-24-14-25-28-22)27-23-26-20(13-31-23)19-10-9-16-3-1-2-4-18(16)11-19/h5-11,13-14H,1-4,12H2,(H,24,25,28)(H,26,27,29). The molecule has 0 saturated carbocycles. The van der Waals surface area contributed by atoms with E-state index < -0.39 is 0 Å². The van der Waals surface area contributed by atoms with Gasteiger partial charge in [0, 0.05) is 22.3 Å². The molecule has 2 aromatic carbocycles. The molecule has 0 unspecified atom stereocenters. The van der Waals surface area contributed by atoms with Crippen molar-refractivity contribution in [2.24, 2.45) is 0 Å². The van der Waals surface area contributed by atoms with Gasteiger partial charge < -0.3 is 0 Å². The number of H-pyrrole nitrogens is 1. The normalized spacial score (nSPS) is 13.0. The molecule has 156 valence electrons. The van der Waals surface area contributed by atoms with E-state index in [4.69, 9.17) is 0 Å². The number of aryl methyl sites for hydroxylation is 2. The van der Waals surface area contributed by atoms with Crippen molar-refractivity contribution in [3.05, 3.63) is 76.4 Å². The Labute approximate surface area is 188 Å². The van der Waals surface area contributed by atoms with Crippen molar-refractivity contribution >= 4 is 34.1 Å². The van der Waals surface area contributed by atoms with Crippen molar-refractivity contribution in [2.75, 3.05) is 5.32 Å². The van der Waals surface area contributed by atoms with Crippen LogP contribution in [0.4, 0.5) is 5.13 Å². The highest BCUT2D eigenvalue weighted by Gasteiger charge is 2.13. The molecule has 31 heavy (non-hydrogen) atoms.